The van der Waals surface area contributed by atoms with E-state index in [4.69, 9.17) is 4.99 Å². The van der Waals surface area contributed by atoms with E-state index in [1.807, 2.05) is 13.0 Å². The number of aliphatic imine (C=N–C) groups is 1. The van der Waals surface area contributed by atoms with Crippen molar-refractivity contribution in [3.63, 3.8) is 0 Å². The van der Waals surface area contributed by atoms with Crippen molar-refractivity contribution in [3.05, 3.63) is 106 Å². The molecule has 0 aliphatic heterocycles. The Bertz CT molecular complexity index is 1140. The average molecular weight is 519 g/mol. The van der Waals surface area contributed by atoms with Crippen LogP contribution >= 0.6 is 15.9 Å². The van der Waals surface area contributed by atoms with Gasteiger partial charge in [-0.3, -0.25) is 4.99 Å². The summed E-state index contributed by atoms with van der Waals surface area (Å²) in [6.45, 7) is 8.66. The average Bonchev–Trinajstić information content (AvgIpc) is 2.81. The maximum absolute atomic E-state index is 11.8. The normalized spacial score (nSPS) is 23.8. The Balaban J connectivity index is 1.93. The molecule has 0 spiro atoms. The molecule has 4 atom stereocenters. The van der Waals surface area contributed by atoms with Gasteiger partial charge in [-0.25, -0.2) is 0 Å². The highest BCUT2D eigenvalue weighted by atomic mass is 79.9. The summed E-state index contributed by atoms with van der Waals surface area (Å²) in [7, 11) is 0. The van der Waals surface area contributed by atoms with Gasteiger partial charge < -0.3 is 5.11 Å². The summed E-state index contributed by atoms with van der Waals surface area (Å²) in [6.07, 6.45) is 3.33. The van der Waals surface area contributed by atoms with E-state index >= 15 is 0 Å². The maximum atomic E-state index is 11.8. The third-order valence-electron chi connectivity index (χ3n) is 7.50. The van der Waals surface area contributed by atoms with Gasteiger partial charge in [0.15, 0.2) is 0 Å². The van der Waals surface area contributed by atoms with Gasteiger partial charge in [0.1, 0.15) is 0 Å². The Morgan fingerprint density at radius 1 is 1.06 bits per heavy atom. The molecular formula is C31H36BrNO. The molecule has 3 heteroatoms. The van der Waals surface area contributed by atoms with Crippen molar-refractivity contribution >= 4 is 21.6 Å². The largest absolute Gasteiger partial charge is 0.389 e. The predicted molar refractivity (Wildman–Crippen MR) is 147 cm³/mol. The van der Waals surface area contributed by atoms with Crippen LogP contribution in [-0.2, 0) is 18.3 Å². The first-order valence-corrected chi connectivity index (χ1v) is 13.2. The lowest BCUT2D eigenvalue weighted by Crippen LogP contribution is -2.53. The fourth-order valence-corrected chi connectivity index (χ4v) is 6.15. The van der Waals surface area contributed by atoms with Crippen LogP contribution in [0.4, 0.5) is 0 Å². The summed E-state index contributed by atoms with van der Waals surface area (Å²) in [5.41, 5.74) is 5.09. The Labute approximate surface area is 213 Å². The summed E-state index contributed by atoms with van der Waals surface area (Å²) >= 11 is 3.69. The molecule has 1 aliphatic carbocycles. The highest BCUT2D eigenvalue weighted by Crippen LogP contribution is 2.46. The minimum absolute atomic E-state index is 0.0169. The minimum atomic E-state index is -0.831. The Hall–Kier alpha value is -2.23. The molecule has 4 rings (SSSR count). The van der Waals surface area contributed by atoms with E-state index in [2.05, 4.69) is 109 Å². The SMILES string of the molecule is CCC[C@@](C)(O)[C@@H]1Cc2cc(Br)ccc2[C@@](C)(Cc2ccccc2)/C1=N\[C@@H](C)c1ccccc1. The predicted octanol–water partition coefficient (Wildman–Crippen LogP) is 7.88. The van der Waals surface area contributed by atoms with E-state index in [0.717, 1.165) is 35.9 Å². The molecule has 0 bridgehead atoms. The zero-order valence-corrected chi connectivity index (χ0v) is 22.3. The summed E-state index contributed by atoms with van der Waals surface area (Å²) in [6, 6.07) is 27.9. The quantitative estimate of drug-likeness (QED) is 0.339. The van der Waals surface area contributed by atoms with Crippen molar-refractivity contribution < 1.29 is 5.11 Å². The lowest BCUT2D eigenvalue weighted by Gasteiger charge is -2.47. The van der Waals surface area contributed by atoms with Gasteiger partial charge in [0.25, 0.3) is 0 Å². The van der Waals surface area contributed by atoms with E-state index in [-0.39, 0.29) is 17.4 Å². The van der Waals surface area contributed by atoms with Gasteiger partial charge in [-0.1, -0.05) is 96.0 Å². The van der Waals surface area contributed by atoms with Crippen molar-refractivity contribution in [1.82, 2.24) is 0 Å². The molecule has 34 heavy (non-hydrogen) atoms. The van der Waals surface area contributed by atoms with Gasteiger partial charge in [0.2, 0.25) is 0 Å². The lowest BCUT2D eigenvalue weighted by molar-refractivity contribution is 0.0126. The number of aliphatic hydroxyl groups is 1. The van der Waals surface area contributed by atoms with Gasteiger partial charge >= 0.3 is 0 Å². The number of nitrogens with zero attached hydrogens (tertiary/aromatic N) is 1. The Morgan fingerprint density at radius 2 is 1.71 bits per heavy atom. The maximum Gasteiger partial charge on any atom is 0.0720 e. The number of halogens is 1. The van der Waals surface area contributed by atoms with Crippen molar-refractivity contribution in [2.75, 3.05) is 0 Å². The molecule has 1 aliphatic rings. The third-order valence-corrected chi connectivity index (χ3v) is 8.00. The second kappa shape index (κ2) is 10.2. The van der Waals surface area contributed by atoms with Crippen molar-refractivity contribution in [2.24, 2.45) is 10.9 Å². The molecule has 0 unspecified atom stereocenters. The van der Waals surface area contributed by atoms with Crippen LogP contribution in [0.5, 0.6) is 0 Å². The number of fused-ring (bicyclic) bond motifs is 1. The number of rotatable bonds is 7. The summed E-state index contributed by atoms with van der Waals surface area (Å²) < 4.78 is 1.08. The topological polar surface area (TPSA) is 32.6 Å². The summed E-state index contributed by atoms with van der Waals surface area (Å²) in [5.74, 6) is -0.0471. The second-order valence-electron chi connectivity index (χ2n) is 10.3. The van der Waals surface area contributed by atoms with E-state index in [1.165, 1.54) is 22.3 Å². The molecule has 0 radical (unpaired) electrons. The van der Waals surface area contributed by atoms with Crippen LogP contribution < -0.4 is 0 Å². The van der Waals surface area contributed by atoms with E-state index in [9.17, 15) is 5.11 Å². The zero-order chi connectivity index (χ0) is 24.3. The van der Waals surface area contributed by atoms with Gasteiger partial charge in [-0.05, 0) is 74.4 Å². The standard InChI is InChI=1S/C31H36BrNO/c1-5-18-31(4,34)28-20-25-19-26(32)16-17-27(25)30(3,21-23-12-8-6-9-13-23)29(28)33-22(2)24-14-10-7-11-15-24/h6-17,19,22,28,34H,5,18,20-21H2,1-4H3/b33-29-/t22-,28+,30+,31+/m0/s1. The summed E-state index contributed by atoms with van der Waals surface area (Å²) in [5, 5.41) is 11.8. The van der Waals surface area contributed by atoms with Gasteiger partial charge in [-0.2, -0.15) is 0 Å². The van der Waals surface area contributed by atoms with E-state index in [0.29, 0.717) is 0 Å². The van der Waals surface area contributed by atoms with Crippen LogP contribution in [0.25, 0.3) is 0 Å². The van der Waals surface area contributed by atoms with Crippen molar-refractivity contribution in [2.45, 2.75) is 70.4 Å². The molecule has 0 saturated carbocycles. The van der Waals surface area contributed by atoms with E-state index in [1.54, 1.807) is 0 Å². The second-order valence-corrected chi connectivity index (χ2v) is 11.2. The zero-order valence-electron chi connectivity index (χ0n) is 20.8. The molecule has 0 fully saturated rings. The summed E-state index contributed by atoms with van der Waals surface area (Å²) in [4.78, 5) is 5.45. The Morgan fingerprint density at radius 3 is 2.35 bits per heavy atom. The molecular weight excluding hydrogens is 482 g/mol. The van der Waals surface area contributed by atoms with Crippen LogP contribution in [-0.4, -0.2) is 16.4 Å². The van der Waals surface area contributed by atoms with Crippen molar-refractivity contribution in [3.8, 4) is 0 Å². The van der Waals surface area contributed by atoms with Gasteiger partial charge in [0, 0.05) is 21.5 Å². The number of hydrogen-bond donors (Lipinski definition) is 1. The molecule has 0 heterocycles. The van der Waals surface area contributed by atoms with Crippen LogP contribution in [0.2, 0.25) is 0 Å². The van der Waals surface area contributed by atoms with Gasteiger partial charge in [-0.15, -0.1) is 0 Å². The Kier molecular flexibility index (Phi) is 7.45. The third kappa shape index (κ3) is 5.06. The first kappa shape index (κ1) is 24.9. The van der Waals surface area contributed by atoms with Crippen LogP contribution in [0, 0.1) is 5.92 Å². The molecule has 3 aromatic rings. The highest BCUT2D eigenvalue weighted by molar-refractivity contribution is 9.10. The number of hydrogen-bond acceptors (Lipinski definition) is 2. The molecule has 1 N–H and O–H groups in total. The fourth-order valence-electron chi connectivity index (χ4n) is 5.74. The lowest BCUT2D eigenvalue weighted by atomic mass is 9.59. The number of benzene rings is 3. The molecule has 3 aromatic carbocycles. The first-order valence-electron chi connectivity index (χ1n) is 12.4. The van der Waals surface area contributed by atoms with Crippen LogP contribution in [0.1, 0.15) is 68.8 Å². The van der Waals surface area contributed by atoms with Crippen molar-refractivity contribution in [1.29, 1.82) is 0 Å². The van der Waals surface area contributed by atoms with Gasteiger partial charge in [0.05, 0.1) is 11.6 Å². The van der Waals surface area contributed by atoms with Crippen LogP contribution in [0.3, 0.4) is 0 Å². The monoisotopic (exact) mass is 517 g/mol. The molecule has 178 valence electrons. The first-order chi connectivity index (χ1) is 16.2. The van der Waals surface area contributed by atoms with E-state index < -0.39 is 5.60 Å². The highest BCUT2D eigenvalue weighted by Gasteiger charge is 2.48. The molecule has 0 amide bonds. The molecule has 2 nitrogen and oxygen atoms in total. The smallest absolute Gasteiger partial charge is 0.0720 e. The minimum Gasteiger partial charge on any atom is -0.389 e. The molecule has 0 aromatic heterocycles. The molecule has 0 saturated heterocycles. The van der Waals surface area contributed by atoms with Crippen LogP contribution in [0.15, 0.2) is 88.3 Å². The fraction of sp³-hybridized carbons (Fsp3) is 0.387.